The molecule has 0 aliphatic heterocycles. The van der Waals surface area contributed by atoms with Crippen LogP contribution in [0.15, 0.2) is 41.3 Å². The predicted molar refractivity (Wildman–Crippen MR) is 70.0 cm³/mol. The standard InChI is InChI=1S/C13H12N4O/c14-6-8-5-12(18)16-17-13(8)10-7-15-11-4-2-1-3-9(10)11/h1-5,7,15H,6,14H2,(H,16,18). The Morgan fingerprint density at radius 1 is 1.28 bits per heavy atom. The third-order valence-electron chi connectivity index (χ3n) is 2.95. The summed E-state index contributed by atoms with van der Waals surface area (Å²) in [6.07, 6.45) is 1.88. The molecule has 0 atom stereocenters. The van der Waals surface area contributed by atoms with E-state index in [2.05, 4.69) is 15.2 Å². The highest BCUT2D eigenvalue weighted by Crippen LogP contribution is 2.28. The Balaban J connectivity index is 2.29. The van der Waals surface area contributed by atoms with Gasteiger partial charge in [0, 0.05) is 35.3 Å². The number of fused-ring (bicyclic) bond motifs is 1. The Kier molecular flexibility index (Phi) is 2.46. The summed E-state index contributed by atoms with van der Waals surface area (Å²) < 4.78 is 0. The summed E-state index contributed by atoms with van der Waals surface area (Å²) in [5, 5.41) is 7.62. The SMILES string of the molecule is NCc1cc(=O)[nH]nc1-c1c[nH]c2ccccc12. The monoisotopic (exact) mass is 240 g/mol. The van der Waals surface area contributed by atoms with Crippen molar-refractivity contribution in [1.82, 2.24) is 15.2 Å². The van der Waals surface area contributed by atoms with Crippen molar-refractivity contribution in [2.75, 3.05) is 0 Å². The Bertz CT molecular complexity index is 757. The number of nitrogens with two attached hydrogens (primary N) is 1. The van der Waals surface area contributed by atoms with Crippen molar-refractivity contribution in [3.8, 4) is 11.3 Å². The molecule has 0 aliphatic rings. The van der Waals surface area contributed by atoms with Gasteiger partial charge in [-0.15, -0.1) is 0 Å². The molecular formula is C13H12N4O. The molecule has 2 heterocycles. The van der Waals surface area contributed by atoms with E-state index in [-0.39, 0.29) is 12.1 Å². The Hall–Kier alpha value is -2.40. The first-order valence-electron chi connectivity index (χ1n) is 5.65. The number of aromatic nitrogens is 3. The smallest absolute Gasteiger partial charge is 0.264 e. The van der Waals surface area contributed by atoms with E-state index < -0.39 is 0 Å². The van der Waals surface area contributed by atoms with Crippen molar-refractivity contribution < 1.29 is 0 Å². The summed E-state index contributed by atoms with van der Waals surface area (Å²) in [6, 6.07) is 9.42. The van der Waals surface area contributed by atoms with Crippen LogP contribution in [0.5, 0.6) is 0 Å². The molecule has 0 saturated heterocycles. The first kappa shape index (κ1) is 10.7. The highest BCUT2D eigenvalue weighted by molar-refractivity contribution is 5.95. The molecule has 3 rings (SSSR count). The minimum Gasteiger partial charge on any atom is -0.360 e. The number of nitrogens with zero attached hydrogens (tertiary/aromatic N) is 1. The summed E-state index contributed by atoms with van der Waals surface area (Å²) in [4.78, 5) is 14.4. The van der Waals surface area contributed by atoms with Gasteiger partial charge in [-0.3, -0.25) is 4.79 Å². The average molecular weight is 240 g/mol. The number of H-pyrrole nitrogens is 2. The quantitative estimate of drug-likeness (QED) is 0.632. The minimum atomic E-state index is -0.237. The second-order valence-corrected chi connectivity index (χ2v) is 4.06. The highest BCUT2D eigenvalue weighted by atomic mass is 16.1. The Morgan fingerprint density at radius 2 is 2.11 bits per heavy atom. The zero-order chi connectivity index (χ0) is 12.5. The summed E-state index contributed by atoms with van der Waals surface area (Å²) in [5.74, 6) is 0. The third kappa shape index (κ3) is 1.61. The fraction of sp³-hybridized carbons (Fsp3) is 0.0769. The molecule has 3 aromatic rings. The molecule has 1 aromatic carbocycles. The lowest BCUT2D eigenvalue weighted by atomic mass is 10.1. The van der Waals surface area contributed by atoms with E-state index in [0.29, 0.717) is 0 Å². The van der Waals surface area contributed by atoms with Crippen LogP contribution in [0, 0.1) is 0 Å². The van der Waals surface area contributed by atoms with Gasteiger partial charge in [0.15, 0.2) is 0 Å². The molecule has 0 spiro atoms. The number of aromatic amines is 2. The van der Waals surface area contributed by atoms with Crippen LogP contribution in [0.25, 0.3) is 22.2 Å². The molecule has 5 heteroatoms. The van der Waals surface area contributed by atoms with Crippen LogP contribution in [-0.4, -0.2) is 15.2 Å². The molecule has 2 aromatic heterocycles. The van der Waals surface area contributed by atoms with E-state index >= 15 is 0 Å². The summed E-state index contributed by atoms with van der Waals surface area (Å²) in [7, 11) is 0. The molecule has 0 amide bonds. The molecule has 4 N–H and O–H groups in total. The number of nitrogens with one attached hydrogen (secondary N) is 2. The molecule has 18 heavy (non-hydrogen) atoms. The van der Waals surface area contributed by atoms with E-state index in [9.17, 15) is 4.79 Å². The molecule has 0 radical (unpaired) electrons. The fourth-order valence-corrected chi connectivity index (χ4v) is 2.10. The zero-order valence-corrected chi connectivity index (χ0v) is 9.60. The lowest BCUT2D eigenvalue weighted by molar-refractivity contribution is 0.945. The maximum Gasteiger partial charge on any atom is 0.264 e. The van der Waals surface area contributed by atoms with Gasteiger partial charge >= 0.3 is 0 Å². The van der Waals surface area contributed by atoms with Crippen LogP contribution in [0.3, 0.4) is 0 Å². The number of rotatable bonds is 2. The van der Waals surface area contributed by atoms with Crippen molar-refractivity contribution in [3.05, 3.63) is 52.4 Å². The van der Waals surface area contributed by atoms with Gasteiger partial charge in [0.2, 0.25) is 0 Å². The predicted octanol–water partition coefficient (Wildman–Crippen LogP) is 1.38. The number of para-hydroxylation sites is 1. The fourth-order valence-electron chi connectivity index (χ4n) is 2.10. The van der Waals surface area contributed by atoms with Crippen LogP contribution in [-0.2, 0) is 6.54 Å². The molecule has 0 aliphatic carbocycles. The van der Waals surface area contributed by atoms with E-state index in [1.807, 2.05) is 30.5 Å². The van der Waals surface area contributed by atoms with Gasteiger partial charge < -0.3 is 10.7 Å². The number of benzene rings is 1. The molecule has 0 bridgehead atoms. The highest BCUT2D eigenvalue weighted by Gasteiger charge is 2.11. The van der Waals surface area contributed by atoms with Gasteiger partial charge in [-0.25, -0.2) is 5.10 Å². The largest absolute Gasteiger partial charge is 0.360 e. The van der Waals surface area contributed by atoms with Gasteiger partial charge in [-0.05, 0) is 11.6 Å². The summed E-state index contributed by atoms with van der Waals surface area (Å²) in [5.41, 5.74) is 8.86. The topological polar surface area (TPSA) is 87.6 Å². The first-order valence-corrected chi connectivity index (χ1v) is 5.65. The van der Waals surface area contributed by atoms with Gasteiger partial charge in [-0.2, -0.15) is 5.10 Å². The van der Waals surface area contributed by atoms with Crippen molar-refractivity contribution in [3.63, 3.8) is 0 Å². The first-order chi connectivity index (χ1) is 8.79. The Morgan fingerprint density at radius 3 is 2.94 bits per heavy atom. The van der Waals surface area contributed by atoms with E-state index in [4.69, 9.17) is 5.73 Å². The van der Waals surface area contributed by atoms with Crippen LogP contribution >= 0.6 is 0 Å². The Labute approximate surface area is 103 Å². The van der Waals surface area contributed by atoms with Gasteiger partial charge in [0.25, 0.3) is 5.56 Å². The van der Waals surface area contributed by atoms with Crippen molar-refractivity contribution in [2.24, 2.45) is 5.73 Å². The van der Waals surface area contributed by atoms with Crippen molar-refractivity contribution >= 4 is 10.9 Å². The summed E-state index contributed by atoms with van der Waals surface area (Å²) >= 11 is 0. The second kappa shape index (κ2) is 4.12. The van der Waals surface area contributed by atoms with E-state index in [1.165, 1.54) is 6.07 Å². The molecule has 0 saturated carbocycles. The molecule has 5 nitrogen and oxygen atoms in total. The average Bonchev–Trinajstić information content (AvgIpc) is 2.82. The van der Waals surface area contributed by atoms with Crippen LogP contribution in [0.4, 0.5) is 0 Å². The molecular weight excluding hydrogens is 228 g/mol. The summed E-state index contributed by atoms with van der Waals surface area (Å²) in [6.45, 7) is 0.283. The van der Waals surface area contributed by atoms with E-state index in [0.717, 1.165) is 27.7 Å². The van der Waals surface area contributed by atoms with Crippen LogP contribution < -0.4 is 11.3 Å². The van der Waals surface area contributed by atoms with Crippen LogP contribution in [0.1, 0.15) is 5.56 Å². The molecule has 0 unspecified atom stereocenters. The van der Waals surface area contributed by atoms with Crippen molar-refractivity contribution in [2.45, 2.75) is 6.54 Å². The molecule has 90 valence electrons. The maximum absolute atomic E-state index is 11.3. The van der Waals surface area contributed by atoms with Crippen LogP contribution in [0.2, 0.25) is 0 Å². The normalized spacial score (nSPS) is 10.9. The third-order valence-corrected chi connectivity index (χ3v) is 2.95. The van der Waals surface area contributed by atoms with Crippen molar-refractivity contribution in [1.29, 1.82) is 0 Å². The number of hydrogen-bond donors (Lipinski definition) is 3. The number of hydrogen-bond acceptors (Lipinski definition) is 3. The van der Waals surface area contributed by atoms with Gasteiger partial charge in [0.1, 0.15) is 0 Å². The molecule has 0 fully saturated rings. The minimum absolute atomic E-state index is 0.237. The van der Waals surface area contributed by atoms with Gasteiger partial charge in [0.05, 0.1) is 5.69 Å². The lowest BCUT2D eigenvalue weighted by Gasteiger charge is -2.04. The lowest BCUT2D eigenvalue weighted by Crippen LogP contribution is -2.12. The zero-order valence-electron chi connectivity index (χ0n) is 9.60. The maximum atomic E-state index is 11.3. The van der Waals surface area contributed by atoms with E-state index in [1.54, 1.807) is 0 Å². The van der Waals surface area contributed by atoms with Gasteiger partial charge in [-0.1, -0.05) is 18.2 Å². The second-order valence-electron chi connectivity index (χ2n) is 4.06.